The van der Waals surface area contributed by atoms with Crippen LogP contribution in [0.25, 0.3) is 0 Å². The summed E-state index contributed by atoms with van der Waals surface area (Å²) in [7, 11) is 0. The van der Waals surface area contributed by atoms with Crippen molar-refractivity contribution in [3.8, 4) is 0 Å². The molecule has 12 heavy (non-hydrogen) atoms. The van der Waals surface area contributed by atoms with Crippen LogP contribution >= 0.6 is 0 Å². The minimum absolute atomic E-state index is 0.0767. The Morgan fingerprint density at radius 2 is 2.25 bits per heavy atom. The number of halogens is 2. The first-order chi connectivity index (χ1) is 5.66. The van der Waals surface area contributed by atoms with Gasteiger partial charge in [0, 0.05) is 11.8 Å². The second-order valence-corrected chi connectivity index (χ2v) is 2.33. The first-order valence-electron chi connectivity index (χ1n) is 3.35. The molecule has 0 saturated heterocycles. The van der Waals surface area contributed by atoms with Crippen LogP contribution in [0.4, 0.5) is 8.78 Å². The minimum Gasteiger partial charge on any atom is -0.296 e. The van der Waals surface area contributed by atoms with Crippen LogP contribution in [0.15, 0.2) is 12.3 Å². The molecule has 0 unspecified atom stereocenters. The van der Waals surface area contributed by atoms with Gasteiger partial charge in [-0.3, -0.25) is 9.78 Å². The van der Waals surface area contributed by atoms with Crippen molar-refractivity contribution < 1.29 is 13.6 Å². The third-order valence-corrected chi connectivity index (χ3v) is 1.63. The molecular formula is C8H7F2NO. The van der Waals surface area contributed by atoms with Crippen LogP contribution in [0.5, 0.6) is 0 Å². The summed E-state index contributed by atoms with van der Waals surface area (Å²) >= 11 is 0. The number of rotatable bonds is 2. The van der Waals surface area contributed by atoms with E-state index in [1.54, 1.807) is 0 Å². The molecular weight excluding hydrogens is 164 g/mol. The van der Waals surface area contributed by atoms with Crippen molar-refractivity contribution in [2.24, 2.45) is 0 Å². The first-order valence-corrected chi connectivity index (χ1v) is 3.35. The van der Waals surface area contributed by atoms with Crippen molar-refractivity contribution >= 4 is 6.29 Å². The third-order valence-electron chi connectivity index (χ3n) is 1.63. The molecule has 0 aliphatic heterocycles. The fourth-order valence-electron chi connectivity index (χ4n) is 0.923. The molecule has 0 aromatic carbocycles. The van der Waals surface area contributed by atoms with E-state index >= 15 is 0 Å². The van der Waals surface area contributed by atoms with Gasteiger partial charge in [0.1, 0.15) is 5.69 Å². The van der Waals surface area contributed by atoms with Gasteiger partial charge in [0.2, 0.25) is 0 Å². The summed E-state index contributed by atoms with van der Waals surface area (Å²) in [6, 6.07) is 1.22. The number of aldehydes is 1. The Morgan fingerprint density at radius 1 is 1.58 bits per heavy atom. The molecule has 1 heterocycles. The fourth-order valence-corrected chi connectivity index (χ4v) is 0.923. The van der Waals surface area contributed by atoms with Crippen LogP contribution in [-0.4, -0.2) is 11.3 Å². The largest absolute Gasteiger partial charge is 0.296 e. The fraction of sp³-hybridized carbons (Fsp3) is 0.250. The number of carbonyl (C=O) groups is 1. The molecule has 0 bridgehead atoms. The lowest BCUT2D eigenvalue weighted by atomic mass is 10.1. The highest BCUT2D eigenvalue weighted by Crippen LogP contribution is 2.22. The summed E-state index contributed by atoms with van der Waals surface area (Å²) in [5, 5.41) is 0. The number of pyridine rings is 1. The lowest BCUT2D eigenvalue weighted by molar-refractivity contribution is 0.111. The highest BCUT2D eigenvalue weighted by molar-refractivity contribution is 5.74. The van der Waals surface area contributed by atoms with Gasteiger partial charge in [0.05, 0.1) is 0 Å². The first kappa shape index (κ1) is 8.77. The van der Waals surface area contributed by atoms with Gasteiger partial charge in [0.15, 0.2) is 6.29 Å². The summed E-state index contributed by atoms with van der Waals surface area (Å²) in [5.74, 6) is 0. The second-order valence-electron chi connectivity index (χ2n) is 2.33. The predicted octanol–water partition coefficient (Wildman–Crippen LogP) is 2.14. The number of hydrogen-bond donors (Lipinski definition) is 0. The zero-order chi connectivity index (χ0) is 9.14. The van der Waals surface area contributed by atoms with Crippen molar-refractivity contribution in [3.63, 3.8) is 0 Å². The number of carbonyl (C=O) groups excluding carboxylic acids is 1. The van der Waals surface area contributed by atoms with Gasteiger partial charge in [-0.1, -0.05) is 0 Å². The van der Waals surface area contributed by atoms with Gasteiger partial charge in [-0.15, -0.1) is 0 Å². The van der Waals surface area contributed by atoms with E-state index in [1.165, 1.54) is 19.2 Å². The molecule has 0 atom stereocenters. The summed E-state index contributed by atoms with van der Waals surface area (Å²) in [6.45, 7) is 1.46. The maximum atomic E-state index is 12.2. The molecule has 0 radical (unpaired) electrons. The average molecular weight is 171 g/mol. The van der Waals surface area contributed by atoms with E-state index < -0.39 is 6.43 Å². The van der Waals surface area contributed by atoms with E-state index in [1.807, 2.05) is 0 Å². The van der Waals surface area contributed by atoms with Gasteiger partial charge in [-0.25, -0.2) is 8.78 Å². The Bertz CT molecular complexity index is 299. The Labute approximate surface area is 68.2 Å². The summed E-state index contributed by atoms with van der Waals surface area (Å²) < 4.78 is 24.4. The molecule has 0 aliphatic rings. The van der Waals surface area contributed by atoms with Crippen molar-refractivity contribution in [3.05, 3.63) is 29.1 Å². The molecule has 1 aromatic rings. The molecule has 0 N–H and O–H groups in total. The minimum atomic E-state index is -2.55. The zero-order valence-corrected chi connectivity index (χ0v) is 6.42. The van der Waals surface area contributed by atoms with E-state index in [0.29, 0.717) is 6.29 Å². The number of aromatic nitrogens is 1. The third kappa shape index (κ3) is 1.47. The second kappa shape index (κ2) is 3.38. The normalized spacial score (nSPS) is 10.3. The van der Waals surface area contributed by atoms with Crippen LogP contribution in [0.1, 0.15) is 28.0 Å². The Morgan fingerprint density at radius 3 is 2.75 bits per heavy atom. The maximum absolute atomic E-state index is 12.2. The van der Waals surface area contributed by atoms with Crippen molar-refractivity contribution in [2.45, 2.75) is 13.3 Å². The highest BCUT2D eigenvalue weighted by Gasteiger charge is 2.12. The molecule has 2 nitrogen and oxygen atoms in total. The monoisotopic (exact) mass is 171 g/mol. The van der Waals surface area contributed by atoms with Crippen LogP contribution in [0.3, 0.4) is 0 Å². The van der Waals surface area contributed by atoms with Crippen LogP contribution in [-0.2, 0) is 0 Å². The quantitative estimate of drug-likeness (QED) is 0.638. The van der Waals surface area contributed by atoms with Crippen LogP contribution in [0.2, 0.25) is 0 Å². The van der Waals surface area contributed by atoms with Gasteiger partial charge in [-0.2, -0.15) is 0 Å². The van der Waals surface area contributed by atoms with E-state index in [4.69, 9.17) is 0 Å². The van der Waals surface area contributed by atoms with E-state index in [0.717, 1.165) is 0 Å². The molecule has 4 heteroatoms. The Hall–Kier alpha value is -1.32. The SMILES string of the molecule is Cc1c(C(F)F)ccnc1C=O. The number of nitrogens with zero attached hydrogens (tertiary/aromatic N) is 1. The van der Waals surface area contributed by atoms with Gasteiger partial charge in [-0.05, 0) is 18.6 Å². The molecule has 0 amide bonds. The summed E-state index contributed by atoms with van der Waals surface area (Å²) in [5.41, 5.74) is 0.197. The molecule has 0 spiro atoms. The highest BCUT2D eigenvalue weighted by atomic mass is 19.3. The molecule has 0 fully saturated rings. The van der Waals surface area contributed by atoms with Gasteiger partial charge >= 0.3 is 0 Å². The molecule has 1 rings (SSSR count). The Kier molecular flexibility index (Phi) is 2.47. The van der Waals surface area contributed by atoms with Crippen LogP contribution < -0.4 is 0 Å². The summed E-state index contributed by atoms with van der Waals surface area (Å²) in [6.07, 6.45) is -0.869. The van der Waals surface area contributed by atoms with E-state index in [9.17, 15) is 13.6 Å². The van der Waals surface area contributed by atoms with E-state index in [-0.39, 0.29) is 16.8 Å². The molecule has 64 valence electrons. The standard InChI is InChI=1S/C8H7F2NO/c1-5-6(8(9)10)2-3-11-7(5)4-12/h2-4,8H,1H3. The van der Waals surface area contributed by atoms with Crippen molar-refractivity contribution in [1.82, 2.24) is 4.98 Å². The topological polar surface area (TPSA) is 30.0 Å². The van der Waals surface area contributed by atoms with Crippen LogP contribution in [0, 0.1) is 6.92 Å². The number of alkyl halides is 2. The summed E-state index contributed by atoms with van der Waals surface area (Å²) in [4.78, 5) is 13.9. The van der Waals surface area contributed by atoms with Gasteiger partial charge in [0.25, 0.3) is 6.43 Å². The average Bonchev–Trinajstić information content (AvgIpc) is 2.04. The lowest BCUT2D eigenvalue weighted by Crippen LogP contribution is -1.97. The molecule has 0 aliphatic carbocycles. The lowest BCUT2D eigenvalue weighted by Gasteiger charge is -2.04. The Balaban J connectivity index is 3.22. The van der Waals surface area contributed by atoms with Gasteiger partial charge < -0.3 is 0 Å². The predicted molar refractivity (Wildman–Crippen MR) is 39.3 cm³/mol. The maximum Gasteiger partial charge on any atom is 0.264 e. The smallest absolute Gasteiger partial charge is 0.264 e. The number of hydrogen-bond acceptors (Lipinski definition) is 2. The zero-order valence-electron chi connectivity index (χ0n) is 6.42. The molecule has 1 aromatic heterocycles. The van der Waals surface area contributed by atoms with E-state index in [2.05, 4.69) is 4.98 Å². The van der Waals surface area contributed by atoms with Crippen molar-refractivity contribution in [2.75, 3.05) is 0 Å². The molecule has 0 saturated carbocycles. The van der Waals surface area contributed by atoms with Crippen molar-refractivity contribution in [1.29, 1.82) is 0 Å².